The smallest absolute Gasteiger partial charge is 0.161 e. The van der Waals surface area contributed by atoms with E-state index in [9.17, 15) is 0 Å². The van der Waals surface area contributed by atoms with Gasteiger partial charge in [0, 0.05) is 17.5 Å². The fourth-order valence-corrected chi connectivity index (χ4v) is 4.20. The molecule has 2 aromatic carbocycles. The summed E-state index contributed by atoms with van der Waals surface area (Å²) in [6.45, 7) is 3.14. The van der Waals surface area contributed by atoms with Gasteiger partial charge in [-0.3, -0.25) is 0 Å². The van der Waals surface area contributed by atoms with Crippen LogP contribution in [0.25, 0.3) is 11.8 Å². The average Bonchev–Trinajstić information content (AvgIpc) is 2.71. The lowest BCUT2D eigenvalue weighted by atomic mass is 9.88. The Morgan fingerprint density at radius 1 is 0.815 bits per heavy atom. The van der Waals surface area contributed by atoms with Crippen molar-refractivity contribution in [1.29, 1.82) is 0 Å². The first-order valence-corrected chi connectivity index (χ1v) is 9.07. The molecule has 2 aromatic rings. The molecule has 1 atom stereocenters. The minimum atomic E-state index is 0.166. The van der Waals surface area contributed by atoms with Crippen molar-refractivity contribution in [2.24, 2.45) is 0 Å². The Balaban J connectivity index is 1.92. The van der Waals surface area contributed by atoms with Crippen LogP contribution in [-0.2, 0) is 6.42 Å². The second-order valence-corrected chi connectivity index (χ2v) is 6.84. The third-order valence-corrected chi connectivity index (χ3v) is 5.64. The molecule has 2 heterocycles. The molecule has 5 nitrogen and oxygen atoms in total. The Hall–Kier alpha value is -2.82. The van der Waals surface area contributed by atoms with Crippen LogP contribution in [0.2, 0.25) is 0 Å². The van der Waals surface area contributed by atoms with Crippen LogP contribution in [0.1, 0.15) is 24.1 Å². The van der Waals surface area contributed by atoms with Gasteiger partial charge in [-0.05, 0) is 60.0 Å². The van der Waals surface area contributed by atoms with Crippen LogP contribution in [0.5, 0.6) is 23.0 Å². The molecule has 0 N–H and O–H groups in total. The largest absolute Gasteiger partial charge is 0.493 e. The molecule has 0 saturated carbocycles. The first-order valence-electron chi connectivity index (χ1n) is 9.07. The van der Waals surface area contributed by atoms with Gasteiger partial charge < -0.3 is 23.8 Å². The molecule has 0 amide bonds. The minimum absolute atomic E-state index is 0.166. The summed E-state index contributed by atoms with van der Waals surface area (Å²) in [6, 6.07) is 8.52. The molecule has 1 unspecified atom stereocenters. The van der Waals surface area contributed by atoms with Gasteiger partial charge in [-0.2, -0.15) is 0 Å². The molecule has 4 rings (SSSR count). The van der Waals surface area contributed by atoms with Crippen LogP contribution < -0.4 is 29.4 Å². The van der Waals surface area contributed by atoms with Gasteiger partial charge in [0.2, 0.25) is 0 Å². The van der Waals surface area contributed by atoms with Gasteiger partial charge in [0.25, 0.3) is 0 Å². The Morgan fingerprint density at radius 2 is 1.41 bits per heavy atom. The number of benzene rings is 2. The number of methoxy groups -OCH3 is 4. The first kappa shape index (κ1) is 17.6. The summed E-state index contributed by atoms with van der Waals surface area (Å²) in [5.41, 5.74) is 3.82. The molecule has 0 bridgehead atoms. The summed E-state index contributed by atoms with van der Waals surface area (Å²) in [7, 11) is 6.70. The highest BCUT2D eigenvalue weighted by Gasteiger charge is 2.30. The van der Waals surface area contributed by atoms with Crippen molar-refractivity contribution in [1.82, 2.24) is 4.90 Å². The van der Waals surface area contributed by atoms with Gasteiger partial charge in [-0.15, -0.1) is 0 Å². The van der Waals surface area contributed by atoms with Crippen molar-refractivity contribution in [2.45, 2.75) is 19.4 Å². The van der Waals surface area contributed by atoms with E-state index in [1.165, 1.54) is 22.0 Å². The molecule has 0 spiro atoms. The molecule has 0 fully saturated rings. The molecule has 5 heteroatoms. The van der Waals surface area contributed by atoms with E-state index in [-0.39, 0.29) is 6.04 Å². The summed E-state index contributed by atoms with van der Waals surface area (Å²) in [4.78, 5) is 2.45. The van der Waals surface area contributed by atoms with Gasteiger partial charge >= 0.3 is 0 Å². The number of nitrogens with zero attached hydrogens (tertiary/aromatic N) is 1. The Labute approximate surface area is 159 Å². The standard InChI is InChI=1S/C22H25NO4/c1-13-16-11-21(26-4)20(25-3)10-15(16)8-18-17-12-22(27-5)19(24-2)9-14(17)6-7-23(13)18/h8-12,18H,6-7H2,1-5H3. The summed E-state index contributed by atoms with van der Waals surface area (Å²) >= 11 is 0. The van der Waals surface area contributed by atoms with Crippen LogP contribution in [0, 0.1) is 0 Å². The van der Waals surface area contributed by atoms with Gasteiger partial charge in [-0.25, -0.2) is 0 Å². The van der Waals surface area contributed by atoms with Crippen molar-refractivity contribution in [3.63, 3.8) is 0 Å². The van der Waals surface area contributed by atoms with Crippen LogP contribution in [0.3, 0.4) is 0 Å². The van der Waals surface area contributed by atoms with Crippen molar-refractivity contribution >= 4 is 11.8 Å². The third-order valence-electron chi connectivity index (χ3n) is 5.64. The number of rotatable bonds is 4. The number of hydrogen-bond donors (Lipinski definition) is 0. The zero-order valence-corrected chi connectivity index (χ0v) is 16.5. The Kier molecular flexibility index (Phi) is 4.38. The molecule has 0 aromatic heterocycles. The van der Waals surface area contributed by atoms with E-state index in [0.29, 0.717) is 0 Å². The lowest BCUT2D eigenvalue weighted by Crippen LogP contribution is -2.43. The highest BCUT2D eigenvalue weighted by molar-refractivity contribution is 5.61. The van der Waals surface area contributed by atoms with E-state index in [4.69, 9.17) is 18.9 Å². The van der Waals surface area contributed by atoms with E-state index in [1.54, 1.807) is 28.4 Å². The molecule has 0 saturated heterocycles. The number of fused-ring (bicyclic) bond motifs is 4. The van der Waals surface area contributed by atoms with Crippen molar-refractivity contribution < 1.29 is 18.9 Å². The van der Waals surface area contributed by atoms with Crippen molar-refractivity contribution in [3.8, 4) is 23.0 Å². The minimum Gasteiger partial charge on any atom is -0.493 e. The maximum absolute atomic E-state index is 5.54. The van der Waals surface area contributed by atoms with E-state index < -0.39 is 0 Å². The second-order valence-electron chi connectivity index (χ2n) is 6.84. The summed E-state index contributed by atoms with van der Waals surface area (Å²) < 4.78 is 22.0. The van der Waals surface area contributed by atoms with Crippen LogP contribution in [-0.4, -0.2) is 39.9 Å². The molecule has 2 aliphatic rings. The number of ether oxygens (including phenoxy) is 4. The zero-order chi connectivity index (χ0) is 19.1. The summed E-state index contributed by atoms with van der Waals surface area (Å²) in [5, 5.41) is 2.35. The molecule has 2 aliphatic heterocycles. The molecular formula is C22H25NO4. The fourth-order valence-electron chi connectivity index (χ4n) is 4.20. The lowest BCUT2D eigenvalue weighted by Gasteiger charge is -2.40. The fraction of sp³-hybridized carbons (Fsp3) is 0.364. The predicted molar refractivity (Wildman–Crippen MR) is 105 cm³/mol. The first-order chi connectivity index (χ1) is 13.1. The molecule has 0 aliphatic carbocycles. The quantitative estimate of drug-likeness (QED) is 0.829. The van der Waals surface area contributed by atoms with Crippen LogP contribution >= 0.6 is 0 Å². The average molecular weight is 367 g/mol. The summed E-state index contributed by atoms with van der Waals surface area (Å²) in [5.74, 6) is 3.05. The maximum Gasteiger partial charge on any atom is 0.161 e. The van der Waals surface area contributed by atoms with Gasteiger partial charge in [0.05, 0.1) is 34.5 Å². The lowest BCUT2D eigenvalue weighted by molar-refractivity contribution is 0.322. The van der Waals surface area contributed by atoms with Crippen LogP contribution in [0.15, 0.2) is 24.3 Å². The van der Waals surface area contributed by atoms with E-state index in [2.05, 4.69) is 42.2 Å². The van der Waals surface area contributed by atoms with E-state index >= 15 is 0 Å². The van der Waals surface area contributed by atoms with Gasteiger partial charge in [0.15, 0.2) is 23.0 Å². The highest BCUT2D eigenvalue weighted by atomic mass is 16.5. The van der Waals surface area contributed by atoms with Crippen LogP contribution in [0.4, 0.5) is 0 Å². The molecule has 27 heavy (non-hydrogen) atoms. The maximum atomic E-state index is 5.54. The SMILES string of the molecule is COc1cc2c(cc1OC)C1C=c3cc(OC)c(OC)cc3=C(C)N1CC2. The molecule has 142 valence electrons. The van der Waals surface area contributed by atoms with E-state index in [0.717, 1.165) is 41.2 Å². The monoisotopic (exact) mass is 367 g/mol. The van der Waals surface area contributed by atoms with Gasteiger partial charge in [-0.1, -0.05) is 0 Å². The van der Waals surface area contributed by atoms with Gasteiger partial charge in [0.1, 0.15) is 0 Å². The van der Waals surface area contributed by atoms with Crippen molar-refractivity contribution in [2.75, 3.05) is 35.0 Å². The molecule has 0 radical (unpaired) electrons. The topological polar surface area (TPSA) is 40.2 Å². The predicted octanol–water partition coefficient (Wildman–Crippen LogP) is 2.24. The third kappa shape index (κ3) is 2.69. The van der Waals surface area contributed by atoms with E-state index in [1.807, 2.05) is 0 Å². The Bertz CT molecular complexity index is 1010. The summed E-state index contributed by atoms with van der Waals surface area (Å²) in [6.07, 6.45) is 3.27. The second kappa shape index (κ2) is 6.72. The highest BCUT2D eigenvalue weighted by Crippen LogP contribution is 2.40. The molecular weight excluding hydrogens is 342 g/mol. The van der Waals surface area contributed by atoms with Crippen molar-refractivity contribution in [3.05, 3.63) is 45.8 Å². The normalized spacial score (nSPS) is 17.3. The zero-order valence-electron chi connectivity index (χ0n) is 16.5. The Morgan fingerprint density at radius 3 is 2.07 bits per heavy atom. The number of hydrogen-bond acceptors (Lipinski definition) is 5.